The van der Waals surface area contributed by atoms with Gasteiger partial charge in [-0.15, -0.1) is 5.10 Å². The normalized spacial score (nSPS) is 10.8. The summed E-state index contributed by atoms with van der Waals surface area (Å²) in [6.07, 6.45) is 2.76. The van der Waals surface area contributed by atoms with Gasteiger partial charge < -0.3 is 9.84 Å². The molecule has 0 saturated carbocycles. The topological polar surface area (TPSA) is 60.2 Å². The second-order valence-corrected chi connectivity index (χ2v) is 5.13. The fourth-order valence-corrected chi connectivity index (χ4v) is 2.22. The van der Waals surface area contributed by atoms with Gasteiger partial charge in [0.25, 0.3) is 0 Å². The molecule has 0 bridgehead atoms. The lowest BCUT2D eigenvalue weighted by atomic mass is 10.2. The Balaban J connectivity index is 1.83. The van der Waals surface area contributed by atoms with E-state index in [9.17, 15) is 5.11 Å². The molecule has 0 aliphatic rings. The molecule has 0 saturated heterocycles. The molecule has 114 valence electrons. The molecule has 0 radical (unpaired) electrons. The predicted octanol–water partition coefficient (Wildman–Crippen LogP) is 2.50. The number of benzene rings is 1. The van der Waals surface area contributed by atoms with Gasteiger partial charge in [0.1, 0.15) is 11.4 Å². The highest BCUT2D eigenvalue weighted by molar-refractivity contribution is 5.26. The summed E-state index contributed by atoms with van der Waals surface area (Å²) in [7, 11) is 0. The quantitative estimate of drug-likeness (QED) is 0.759. The summed E-state index contributed by atoms with van der Waals surface area (Å²) in [6, 6.07) is 8.05. The minimum Gasteiger partial charge on any atom is -0.494 e. The third-order valence-electron chi connectivity index (χ3n) is 3.36. The molecule has 5 nitrogen and oxygen atoms in total. The first-order chi connectivity index (χ1) is 10.2. The number of aliphatic hydroxyl groups excluding tert-OH is 1. The molecule has 0 aliphatic heterocycles. The maximum Gasteiger partial charge on any atom is 0.119 e. The highest BCUT2D eigenvalue weighted by Crippen LogP contribution is 2.12. The molecule has 1 heterocycles. The predicted molar refractivity (Wildman–Crippen MR) is 81.2 cm³/mol. The summed E-state index contributed by atoms with van der Waals surface area (Å²) in [5.74, 6) is 0.893. The van der Waals surface area contributed by atoms with Gasteiger partial charge in [-0.1, -0.05) is 36.3 Å². The fraction of sp³-hybridized carbons (Fsp3) is 0.500. The van der Waals surface area contributed by atoms with Gasteiger partial charge in [0.05, 0.1) is 18.9 Å². The molecule has 1 aromatic heterocycles. The first-order valence-electron chi connectivity index (χ1n) is 7.46. The molecule has 0 spiro atoms. The van der Waals surface area contributed by atoms with Crippen LogP contribution >= 0.6 is 0 Å². The number of rotatable bonds is 8. The standard InChI is InChI=1S/C16H23N3O2/c1-3-5-16-15(12-20)17-18-19(16)10-4-11-21-14-8-6-13(2)7-9-14/h6-9,20H,3-5,10-12H2,1-2H3. The molecule has 0 atom stereocenters. The van der Waals surface area contributed by atoms with E-state index in [0.717, 1.165) is 37.3 Å². The van der Waals surface area contributed by atoms with Crippen LogP contribution < -0.4 is 4.74 Å². The van der Waals surface area contributed by atoms with Crippen molar-refractivity contribution in [3.63, 3.8) is 0 Å². The second kappa shape index (κ2) is 7.78. The summed E-state index contributed by atoms with van der Waals surface area (Å²) in [5, 5.41) is 17.4. The Bertz CT molecular complexity index is 549. The molecule has 1 aromatic carbocycles. The fourth-order valence-electron chi connectivity index (χ4n) is 2.22. The van der Waals surface area contributed by atoms with Crippen molar-refractivity contribution in [1.82, 2.24) is 15.0 Å². The van der Waals surface area contributed by atoms with Crippen LogP contribution in [0.1, 0.15) is 36.7 Å². The molecule has 2 aromatic rings. The number of hydrogen-bond acceptors (Lipinski definition) is 4. The minimum atomic E-state index is -0.0464. The zero-order valence-corrected chi connectivity index (χ0v) is 12.7. The van der Waals surface area contributed by atoms with Crippen molar-refractivity contribution in [1.29, 1.82) is 0 Å². The van der Waals surface area contributed by atoms with Crippen molar-refractivity contribution in [2.24, 2.45) is 0 Å². The van der Waals surface area contributed by atoms with E-state index in [1.54, 1.807) is 0 Å². The van der Waals surface area contributed by atoms with Gasteiger partial charge in [0.2, 0.25) is 0 Å². The Labute approximate surface area is 125 Å². The molecule has 0 unspecified atom stereocenters. The molecule has 2 rings (SSSR count). The van der Waals surface area contributed by atoms with Crippen molar-refractivity contribution in [3.05, 3.63) is 41.2 Å². The van der Waals surface area contributed by atoms with Crippen LogP contribution in [0.15, 0.2) is 24.3 Å². The van der Waals surface area contributed by atoms with Crippen molar-refractivity contribution in [3.8, 4) is 5.75 Å². The van der Waals surface area contributed by atoms with E-state index in [1.165, 1.54) is 5.56 Å². The number of nitrogens with zero attached hydrogens (tertiary/aromatic N) is 3. The molecule has 5 heteroatoms. The smallest absolute Gasteiger partial charge is 0.119 e. The van der Waals surface area contributed by atoms with Gasteiger partial charge in [-0.3, -0.25) is 0 Å². The van der Waals surface area contributed by atoms with Gasteiger partial charge in [-0.25, -0.2) is 4.68 Å². The van der Waals surface area contributed by atoms with E-state index >= 15 is 0 Å². The Morgan fingerprint density at radius 1 is 1.24 bits per heavy atom. The Morgan fingerprint density at radius 3 is 2.67 bits per heavy atom. The number of aryl methyl sites for hydroxylation is 2. The number of hydrogen-bond donors (Lipinski definition) is 1. The maximum atomic E-state index is 9.26. The lowest BCUT2D eigenvalue weighted by Crippen LogP contribution is -2.09. The third-order valence-corrected chi connectivity index (χ3v) is 3.36. The summed E-state index contributed by atoms with van der Waals surface area (Å²) in [6.45, 7) is 5.52. The Kier molecular flexibility index (Phi) is 5.75. The van der Waals surface area contributed by atoms with Crippen molar-refractivity contribution >= 4 is 0 Å². The van der Waals surface area contributed by atoms with Crippen LogP contribution in [0.2, 0.25) is 0 Å². The monoisotopic (exact) mass is 289 g/mol. The van der Waals surface area contributed by atoms with E-state index < -0.39 is 0 Å². The highest BCUT2D eigenvalue weighted by Gasteiger charge is 2.10. The van der Waals surface area contributed by atoms with Gasteiger partial charge in [-0.2, -0.15) is 0 Å². The molecule has 1 N–H and O–H groups in total. The zero-order chi connectivity index (χ0) is 15.1. The molecule has 21 heavy (non-hydrogen) atoms. The second-order valence-electron chi connectivity index (χ2n) is 5.13. The summed E-state index contributed by atoms with van der Waals surface area (Å²) in [4.78, 5) is 0. The van der Waals surface area contributed by atoms with E-state index in [0.29, 0.717) is 12.3 Å². The van der Waals surface area contributed by atoms with Crippen LogP contribution in [0.5, 0.6) is 5.75 Å². The number of aromatic nitrogens is 3. The Hall–Kier alpha value is -1.88. The Morgan fingerprint density at radius 2 is 2.00 bits per heavy atom. The number of ether oxygens (including phenoxy) is 1. The third kappa shape index (κ3) is 4.29. The van der Waals surface area contributed by atoms with Crippen molar-refractivity contribution in [2.45, 2.75) is 46.3 Å². The minimum absolute atomic E-state index is 0.0464. The van der Waals surface area contributed by atoms with Crippen LogP contribution in [0.4, 0.5) is 0 Å². The molecule has 0 amide bonds. The van der Waals surface area contributed by atoms with Gasteiger partial charge in [0.15, 0.2) is 0 Å². The summed E-state index contributed by atoms with van der Waals surface area (Å²) >= 11 is 0. The SMILES string of the molecule is CCCc1c(CO)nnn1CCCOc1ccc(C)cc1. The molecule has 0 fully saturated rings. The first-order valence-corrected chi connectivity index (χ1v) is 7.46. The zero-order valence-electron chi connectivity index (χ0n) is 12.7. The van der Waals surface area contributed by atoms with E-state index in [1.807, 2.05) is 28.9 Å². The molecule has 0 aliphatic carbocycles. The average Bonchev–Trinajstić information content (AvgIpc) is 2.88. The van der Waals surface area contributed by atoms with Gasteiger partial charge in [0, 0.05) is 13.0 Å². The maximum absolute atomic E-state index is 9.26. The van der Waals surface area contributed by atoms with Crippen LogP contribution in [0.25, 0.3) is 0 Å². The largest absolute Gasteiger partial charge is 0.494 e. The van der Waals surface area contributed by atoms with Crippen molar-refractivity contribution in [2.75, 3.05) is 6.61 Å². The van der Waals surface area contributed by atoms with Crippen molar-refractivity contribution < 1.29 is 9.84 Å². The summed E-state index contributed by atoms with van der Waals surface area (Å²) in [5.41, 5.74) is 2.96. The van der Waals surface area contributed by atoms with E-state index in [-0.39, 0.29) is 6.61 Å². The van der Waals surface area contributed by atoms with Crippen LogP contribution in [0.3, 0.4) is 0 Å². The molecular weight excluding hydrogens is 266 g/mol. The van der Waals surface area contributed by atoms with Crippen LogP contribution in [-0.4, -0.2) is 26.7 Å². The van der Waals surface area contributed by atoms with E-state index in [4.69, 9.17) is 4.74 Å². The van der Waals surface area contributed by atoms with Gasteiger partial charge in [-0.05, 0) is 25.5 Å². The lowest BCUT2D eigenvalue weighted by Gasteiger charge is -2.08. The summed E-state index contributed by atoms with van der Waals surface area (Å²) < 4.78 is 7.59. The lowest BCUT2D eigenvalue weighted by molar-refractivity contribution is 0.275. The van der Waals surface area contributed by atoms with Gasteiger partial charge >= 0.3 is 0 Å². The molecular formula is C16H23N3O2. The number of aliphatic hydroxyl groups is 1. The average molecular weight is 289 g/mol. The highest BCUT2D eigenvalue weighted by atomic mass is 16.5. The van der Waals surface area contributed by atoms with Crippen LogP contribution in [-0.2, 0) is 19.6 Å². The van der Waals surface area contributed by atoms with Crippen LogP contribution in [0, 0.1) is 6.92 Å². The first kappa shape index (κ1) is 15.5. The van der Waals surface area contributed by atoms with E-state index in [2.05, 4.69) is 24.2 Å².